The van der Waals surface area contributed by atoms with E-state index in [0.29, 0.717) is 12.5 Å². The first kappa shape index (κ1) is 15.4. The van der Waals surface area contributed by atoms with Gasteiger partial charge in [-0.1, -0.05) is 38.1 Å². The van der Waals surface area contributed by atoms with Crippen LogP contribution in [0.5, 0.6) is 0 Å². The third-order valence-electron chi connectivity index (χ3n) is 3.48. The fourth-order valence-electron chi connectivity index (χ4n) is 2.43. The van der Waals surface area contributed by atoms with E-state index in [4.69, 9.17) is 4.74 Å². The summed E-state index contributed by atoms with van der Waals surface area (Å²) in [7, 11) is 1.43. The number of benzene rings is 1. The normalized spacial score (nSPS) is 12.6. The number of esters is 1. The highest BCUT2D eigenvalue weighted by Gasteiger charge is 2.20. The number of hydrogen-bond donors (Lipinski definition) is 1. The second-order valence-corrected chi connectivity index (χ2v) is 5.61. The van der Waals surface area contributed by atoms with Crippen LogP contribution < -0.4 is 5.32 Å². The van der Waals surface area contributed by atoms with Gasteiger partial charge < -0.3 is 10.1 Å². The minimum atomic E-state index is -0.283. The lowest BCUT2D eigenvalue weighted by Crippen LogP contribution is -2.38. The number of fused-ring (bicyclic) bond motifs is 1. The van der Waals surface area contributed by atoms with Crippen molar-refractivity contribution in [2.24, 2.45) is 5.92 Å². The highest BCUT2D eigenvalue weighted by Crippen LogP contribution is 2.17. The summed E-state index contributed by atoms with van der Waals surface area (Å²) in [6, 6.07) is 7.84. The van der Waals surface area contributed by atoms with Crippen molar-refractivity contribution in [3.05, 3.63) is 42.2 Å². The third-order valence-corrected chi connectivity index (χ3v) is 3.48. The maximum Gasteiger partial charge on any atom is 0.322 e. The number of nitrogens with zero attached hydrogens (tertiary/aromatic N) is 1. The highest BCUT2D eigenvalue weighted by atomic mass is 16.5. The second-order valence-electron chi connectivity index (χ2n) is 5.61. The summed E-state index contributed by atoms with van der Waals surface area (Å²) in [6.07, 6.45) is 4.45. The lowest BCUT2D eigenvalue weighted by molar-refractivity contribution is -0.143. The number of ether oxygens (including phenoxy) is 1. The van der Waals surface area contributed by atoms with Crippen LogP contribution in [-0.2, 0) is 16.1 Å². The van der Waals surface area contributed by atoms with Gasteiger partial charge in [0.25, 0.3) is 0 Å². The van der Waals surface area contributed by atoms with Gasteiger partial charge in [-0.3, -0.25) is 9.78 Å². The molecule has 2 rings (SSSR count). The minimum Gasteiger partial charge on any atom is -0.468 e. The summed E-state index contributed by atoms with van der Waals surface area (Å²) >= 11 is 0. The largest absolute Gasteiger partial charge is 0.468 e. The summed E-state index contributed by atoms with van der Waals surface area (Å²) in [5.74, 6) is 0.212. The van der Waals surface area contributed by atoms with Crippen LogP contribution in [0.25, 0.3) is 10.8 Å². The third kappa shape index (κ3) is 4.02. The van der Waals surface area contributed by atoms with Crippen LogP contribution in [0.15, 0.2) is 36.7 Å². The molecule has 0 saturated carbocycles. The van der Waals surface area contributed by atoms with Gasteiger partial charge in [0, 0.05) is 24.3 Å². The quantitative estimate of drug-likeness (QED) is 0.830. The first-order valence-corrected chi connectivity index (χ1v) is 7.24. The topological polar surface area (TPSA) is 51.2 Å². The molecular weight excluding hydrogens is 264 g/mol. The molecule has 4 nitrogen and oxygen atoms in total. The maximum atomic E-state index is 11.8. The number of carbonyl (C=O) groups excluding carboxylic acids is 1. The predicted octanol–water partition coefficient (Wildman–Crippen LogP) is 2.91. The molecule has 1 aromatic carbocycles. The van der Waals surface area contributed by atoms with Crippen molar-refractivity contribution in [2.45, 2.75) is 32.9 Å². The number of pyridine rings is 1. The summed E-state index contributed by atoms with van der Waals surface area (Å²) < 4.78 is 4.87. The first-order valence-electron chi connectivity index (χ1n) is 7.24. The average Bonchev–Trinajstić information content (AvgIpc) is 2.50. The number of aromatic nitrogens is 1. The monoisotopic (exact) mass is 286 g/mol. The van der Waals surface area contributed by atoms with Crippen molar-refractivity contribution >= 4 is 16.7 Å². The molecule has 0 saturated heterocycles. The Morgan fingerprint density at radius 2 is 2.05 bits per heavy atom. The smallest absolute Gasteiger partial charge is 0.322 e. The van der Waals surface area contributed by atoms with Crippen LogP contribution in [0.3, 0.4) is 0 Å². The zero-order valence-corrected chi connectivity index (χ0v) is 12.8. The Labute approximate surface area is 125 Å². The van der Waals surface area contributed by atoms with E-state index >= 15 is 0 Å². The van der Waals surface area contributed by atoms with E-state index in [-0.39, 0.29) is 12.0 Å². The molecule has 4 heteroatoms. The van der Waals surface area contributed by atoms with Crippen LogP contribution in [0.1, 0.15) is 25.8 Å². The van der Waals surface area contributed by atoms with Crippen molar-refractivity contribution in [1.29, 1.82) is 0 Å². The molecule has 0 aliphatic carbocycles. The predicted molar refractivity (Wildman–Crippen MR) is 83.8 cm³/mol. The van der Waals surface area contributed by atoms with E-state index in [2.05, 4.69) is 30.2 Å². The second kappa shape index (κ2) is 7.18. The Bertz CT molecular complexity index is 605. The minimum absolute atomic E-state index is 0.211. The van der Waals surface area contributed by atoms with Crippen LogP contribution in [-0.4, -0.2) is 24.1 Å². The van der Waals surface area contributed by atoms with Gasteiger partial charge >= 0.3 is 5.97 Å². The van der Waals surface area contributed by atoms with Crippen LogP contribution in [0.2, 0.25) is 0 Å². The van der Waals surface area contributed by atoms with Crippen molar-refractivity contribution in [2.75, 3.05) is 7.11 Å². The van der Waals surface area contributed by atoms with Gasteiger partial charge in [0.05, 0.1) is 7.11 Å². The number of nitrogens with one attached hydrogen (secondary N) is 1. The van der Waals surface area contributed by atoms with Crippen molar-refractivity contribution in [3.8, 4) is 0 Å². The van der Waals surface area contributed by atoms with Gasteiger partial charge in [-0.05, 0) is 23.3 Å². The molecule has 21 heavy (non-hydrogen) atoms. The molecule has 1 unspecified atom stereocenters. The van der Waals surface area contributed by atoms with Crippen LogP contribution >= 0.6 is 0 Å². The van der Waals surface area contributed by atoms with E-state index in [9.17, 15) is 4.79 Å². The first-order chi connectivity index (χ1) is 10.1. The molecule has 1 aromatic heterocycles. The van der Waals surface area contributed by atoms with Gasteiger partial charge in [0.15, 0.2) is 0 Å². The summed E-state index contributed by atoms with van der Waals surface area (Å²) in [5.41, 5.74) is 1.09. The van der Waals surface area contributed by atoms with Gasteiger partial charge in [0.1, 0.15) is 6.04 Å². The average molecular weight is 286 g/mol. The number of carbonyl (C=O) groups is 1. The zero-order valence-electron chi connectivity index (χ0n) is 12.8. The molecule has 1 heterocycles. The van der Waals surface area contributed by atoms with E-state index in [0.717, 1.165) is 22.8 Å². The summed E-state index contributed by atoms with van der Waals surface area (Å²) in [5, 5.41) is 5.56. The molecule has 1 N–H and O–H groups in total. The Hall–Kier alpha value is -1.94. The van der Waals surface area contributed by atoms with Crippen molar-refractivity contribution in [1.82, 2.24) is 10.3 Å². The highest BCUT2D eigenvalue weighted by molar-refractivity contribution is 5.84. The lowest BCUT2D eigenvalue weighted by atomic mass is 10.0. The van der Waals surface area contributed by atoms with Crippen molar-refractivity contribution < 1.29 is 9.53 Å². The Balaban J connectivity index is 2.13. The van der Waals surface area contributed by atoms with Crippen LogP contribution in [0.4, 0.5) is 0 Å². The fourth-order valence-corrected chi connectivity index (χ4v) is 2.43. The van der Waals surface area contributed by atoms with Gasteiger partial charge in [-0.25, -0.2) is 0 Å². The zero-order chi connectivity index (χ0) is 15.2. The molecule has 112 valence electrons. The fraction of sp³-hybridized carbons (Fsp3) is 0.412. The molecule has 0 fully saturated rings. The van der Waals surface area contributed by atoms with Gasteiger partial charge in [-0.2, -0.15) is 0 Å². The van der Waals surface area contributed by atoms with E-state index in [1.807, 2.05) is 30.6 Å². The van der Waals surface area contributed by atoms with E-state index < -0.39 is 0 Å². The van der Waals surface area contributed by atoms with Gasteiger partial charge in [0.2, 0.25) is 0 Å². The Morgan fingerprint density at radius 1 is 1.29 bits per heavy atom. The molecule has 0 bridgehead atoms. The molecule has 0 aliphatic rings. The number of rotatable bonds is 6. The lowest BCUT2D eigenvalue weighted by Gasteiger charge is -2.18. The van der Waals surface area contributed by atoms with E-state index in [1.54, 1.807) is 0 Å². The molecule has 0 spiro atoms. The number of methoxy groups -OCH3 is 1. The summed E-state index contributed by atoms with van der Waals surface area (Å²) in [6.45, 7) is 4.79. The molecule has 0 radical (unpaired) electrons. The summed E-state index contributed by atoms with van der Waals surface area (Å²) in [4.78, 5) is 16.1. The standard InChI is InChI=1S/C17H22N2O2/c1-12(2)8-16(17(20)21-3)19-11-14-10-18-9-13-6-4-5-7-15(13)14/h4-7,9-10,12,16,19H,8,11H2,1-3H3. The molecule has 1 atom stereocenters. The van der Waals surface area contributed by atoms with E-state index in [1.165, 1.54) is 7.11 Å². The molecular formula is C17H22N2O2. The molecule has 0 aliphatic heterocycles. The number of hydrogen-bond acceptors (Lipinski definition) is 4. The maximum absolute atomic E-state index is 11.8. The Kier molecular flexibility index (Phi) is 5.28. The molecule has 0 amide bonds. The Morgan fingerprint density at radius 3 is 2.76 bits per heavy atom. The molecule has 2 aromatic rings. The van der Waals surface area contributed by atoms with Crippen molar-refractivity contribution in [3.63, 3.8) is 0 Å². The van der Waals surface area contributed by atoms with Gasteiger partial charge in [-0.15, -0.1) is 0 Å². The van der Waals surface area contributed by atoms with Crippen LogP contribution in [0, 0.1) is 5.92 Å². The SMILES string of the molecule is COC(=O)C(CC(C)C)NCc1cncc2ccccc12.